The first-order valence-corrected chi connectivity index (χ1v) is 12.4. The van der Waals surface area contributed by atoms with Crippen LogP contribution < -0.4 is 15.0 Å². The largest absolute Gasteiger partial charge is 0.494 e. The third-order valence-electron chi connectivity index (χ3n) is 4.85. The molecule has 2 aliphatic rings. The molecule has 0 radical (unpaired) electrons. The van der Waals surface area contributed by atoms with Crippen molar-refractivity contribution in [1.82, 2.24) is 0 Å². The molecule has 0 saturated carbocycles. The molecule has 0 unspecified atom stereocenters. The van der Waals surface area contributed by atoms with Crippen molar-refractivity contribution >= 4 is 44.0 Å². The number of hydrogen-bond donors (Lipinski definition) is 1. The molecule has 1 N–H and O–H groups in total. The average molecular weight is 446 g/mol. The summed E-state index contributed by atoms with van der Waals surface area (Å²) in [5.41, 5.74) is 1.52. The van der Waals surface area contributed by atoms with Crippen molar-refractivity contribution in [2.45, 2.75) is 18.2 Å². The third kappa shape index (κ3) is 4.79. The lowest BCUT2D eigenvalue weighted by atomic mass is 10.2. The maximum absolute atomic E-state index is 12.8. The smallest absolute Gasteiger partial charge is 0.244 e. The monoisotopic (exact) mass is 445 g/mol. The van der Waals surface area contributed by atoms with Crippen molar-refractivity contribution in [1.29, 1.82) is 0 Å². The Kier molecular flexibility index (Phi) is 6.01. The predicted octanol–water partition coefficient (Wildman–Crippen LogP) is 2.80. The lowest BCUT2D eigenvalue weighted by molar-refractivity contribution is -0.114. The Labute approximate surface area is 180 Å². The zero-order chi connectivity index (χ0) is 21.1. The number of benzene rings is 2. The van der Waals surface area contributed by atoms with Crippen molar-refractivity contribution in [3.05, 3.63) is 54.6 Å². The zero-order valence-corrected chi connectivity index (χ0v) is 18.2. The number of carbonyl (C=O) groups excluding carboxylic acids is 1. The van der Waals surface area contributed by atoms with Gasteiger partial charge in [-0.2, -0.15) is 0 Å². The van der Waals surface area contributed by atoms with Crippen molar-refractivity contribution in [3.8, 4) is 5.75 Å². The molecule has 1 fully saturated rings. The summed E-state index contributed by atoms with van der Waals surface area (Å²) in [6.45, 7) is 2.58. The highest BCUT2D eigenvalue weighted by Gasteiger charge is 2.44. The van der Waals surface area contributed by atoms with Gasteiger partial charge in [0, 0.05) is 16.6 Å². The first kappa shape index (κ1) is 20.7. The molecule has 2 atom stereocenters. The van der Waals surface area contributed by atoms with Crippen LogP contribution in [-0.2, 0) is 14.6 Å². The van der Waals surface area contributed by atoms with Crippen LogP contribution in [0.2, 0.25) is 0 Å². The molecule has 4 rings (SSSR count). The molecular formula is C21H23N3O4S2. The number of carbonyl (C=O) groups is 1. The minimum atomic E-state index is -3.03. The minimum Gasteiger partial charge on any atom is -0.494 e. The fourth-order valence-corrected chi connectivity index (χ4v) is 7.27. The van der Waals surface area contributed by atoms with E-state index < -0.39 is 9.84 Å². The van der Waals surface area contributed by atoms with Gasteiger partial charge in [-0.15, -0.1) is 0 Å². The second-order valence-electron chi connectivity index (χ2n) is 7.14. The average Bonchev–Trinajstić information content (AvgIpc) is 3.22. The Morgan fingerprint density at radius 2 is 1.90 bits per heavy atom. The lowest BCUT2D eigenvalue weighted by Crippen LogP contribution is -2.36. The van der Waals surface area contributed by atoms with Crippen molar-refractivity contribution in [2.24, 2.45) is 4.99 Å². The molecule has 1 saturated heterocycles. The van der Waals surface area contributed by atoms with Crippen LogP contribution in [0, 0.1) is 0 Å². The molecule has 2 aromatic rings. The van der Waals surface area contributed by atoms with Crippen LogP contribution in [0.25, 0.3) is 0 Å². The van der Waals surface area contributed by atoms with Crippen LogP contribution in [0.15, 0.2) is 59.6 Å². The molecule has 0 aromatic heterocycles. The summed E-state index contributed by atoms with van der Waals surface area (Å²) in [6.07, 6.45) is 0. The fraction of sp³-hybridized carbons (Fsp3) is 0.333. The third-order valence-corrected chi connectivity index (χ3v) is 8.10. The van der Waals surface area contributed by atoms with Crippen molar-refractivity contribution < 1.29 is 17.9 Å². The Morgan fingerprint density at radius 3 is 2.57 bits per heavy atom. The van der Waals surface area contributed by atoms with E-state index in [-0.39, 0.29) is 35.2 Å². The second kappa shape index (κ2) is 8.69. The number of aliphatic imine (C=N–C) groups is 1. The highest BCUT2D eigenvalue weighted by atomic mass is 32.2. The summed E-state index contributed by atoms with van der Waals surface area (Å²) in [6, 6.07) is 16.5. The molecular weight excluding hydrogens is 422 g/mol. The van der Waals surface area contributed by atoms with E-state index in [1.807, 2.05) is 54.3 Å². The van der Waals surface area contributed by atoms with Crippen molar-refractivity contribution in [3.63, 3.8) is 0 Å². The van der Waals surface area contributed by atoms with Gasteiger partial charge in [0.2, 0.25) is 5.91 Å². The standard InChI is InChI=1S/C21H23N3O4S2/c1-2-28-17-10-8-15(9-11-17)22-20(25)12-24(16-6-4-3-5-7-16)21-23-18-13-30(26,27)14-19(18)29-21/h3-11,18-19H,2,12-14H2,1H3,(H,22,25)/t18-,19-/m0/s1. The van der Waals surface area contributed by atoms with Crippen LogP contribution >= 0.6 is 11.8 Å². The van der Waals surface area contributed by atoms with Gasteiger partial charge >= 0.3 is 0 Å². The number of nitrogens with zero attached hydrogens (tertiary/aromatic N) is 2. The van der Waals surface area contributed by atoms with Gasteiger partial charge in [0.15, 0.2) is 15.0 Å². The van der Waals surface area contributed by atoms with Gasteiger partial charge in [-0.3, -0.25) is 9.79 Å². The van der Waals surface area contributed by atoms with E-state index in [2.05, 4.69) is 10.3 Å². The molecule has 1 amide bonds. The number of rotatable bonds is 6. The van der Waals surface area contributed by atoms with Gasteiger partial charge in [-0.1, -0.05) is 30.0 Å². The lowest BCUT2D eigenvalue weighted by Gasteiger charge is -2.24. The second-order valence-corrected chi connectivity index (χ2v) is 10.5. The molecule has 0 spiro atoms. The molecule has 0 bridgehead atoms. The van der Waals surface area contributed by atoms with E-state index in [4.69, 9.17) is 4.74 Å². The summed E-state index contributed by atoms with van der Waals surface area (Å²) in [5, 5.41) is 3.51. The number of hydrogen-bond acceptors (Lipinski definition) is 7. The van der Waals surface area contributed by atoms with Crippen LogP contribution in [0.3, 0.4) is 0 Å². The molecule has 7 nitrogen and oxygen atoms in total. The SMILES string of the molecule is CCOc1ccc(NC(=O)CN(C2=N[C@H]3CS(=O)(=O)C[C@@H]3S2)c2ccccc2)cc1. The number of para-hydroxylation sites is 1. The molecule has 9 heteroatoms. The fourth-order valence-electron chi connectivity index (χ4n) is 3.49. The first-order valence-electron chi connectivity index (χ1n) is 9.74. The maximum Gasteiger partial charge on any atom is 0.244 e. The Hall–Kier alpha value is -2.52. The molecule has 2 aromatic carbocycles. The number of sulfone groups is 1. The Balaban J connectivity index is 1.49. The van der Waals surface area contributed by atoms with Gasteiger partial charge in [-0.25, -0.2) is 8.42 Å². The normalized spacial score (nSPS) is 21.6. The van der Waals surface area contributed by atoms with Crippen LogP contribution in [0.5, 0.6) is 5.75 Å². The highest BCUT2D eigenvalue weighted by Crippen LogP contribution is 2.36. The molecule has 158 valence electrons. The van der Waals surface area contributed by atoms with E-state index in [9.17, 15) is 13.2 Å². The van der Waals surface area contributed by atoms with Crippen LogP contribution in [0.1, 0.15) is 6.92 Å². The van der Waals surface area contributed by atoms with Crippen molar-refractivity contribution in [2.75, 3.05) is 34.9 Å². The Morgan fingerprint density at radius 1 is 1.17 bits per heavy atom. The zero-order valence-electron chi connectivity index (χ0n) is 16.5. The van der Waals surface area contributed by atoms with E-state index in [1.54, 1.807) is 12.1 Å². The number of amidine groups is 1. The minimum absolute atomic E-state index is 0.0783. The summed E-state index contributed by atoms with van der Waals surface area (Å²) in [7, 11) is -3.03. The van der Waals surface area contributed by atoms with Gasteiger partial charge in [-0.05, 0) is 43.3 Å². The predicted molar refractivity (Wildman–Crippen MR) is 121 cm³/mol. The quantitative estimate of drug-likeness (QED) is 0.736. The van der Waals surface area contributed by atoms with E-state index in [1.165, 1.54) is 11.8 Å². The number of ether oxygens (including phenoxy) is 1. The van der Waals surface area contributed by atoms with Gasteiger partial charge < -0.3 is 15.0 Å². The number of fused-ring (bicyclic) bond motifs is 1. The Bertz CT molecular complexity index is 1040. The van der Waals surface area contributed by atoms with Gasteiger partial charge in [0.1, 0.15) is 12.3 Å². The first-order chi connectivity index (χ1) is 14.4. The molecule has 30 heavy (non-hydrogen) atoms. The van der Waals surface area contributed by atoms with Gasteiger partial charge in [0.05, 0.1) is 24.2 Å². The molecule has 0 aliphatic carbocycles. The highest BCUT2D eigenvalue weighted by molar-refractivity contribution is 8.15. The number of thioether (sulfide) groups is 1. The van der Waals surface area contributed by atoms with Crippen LogP contribution in [-0.4, -0.2) is 55.4 Å². The molecule has 2 heterocycles. The van der Waals surface area contributed by atoms with E-state index >= 15 is 0 Å². The number of anilines is 2. The topological polar surface area (TPSA) is 88.1 Å². The van der Waals surface area contributed by atoms with Gasteiger partial charge in [0.25, 0.3) is 0 Å². The summed E-state index contributed by atoms with van der Waals surface area (Å²) >= 11 is 1.44. The van der Waals surface area contributed by atoms with E-state index in [0.29, 0.717) is 17.5 Å². The number of nitrogens with one attached hydrogen (secondary N) is 1. The number of amides is 1. The summed E-state index contributed by atoms with van der Waals surface area (Å²) in [5.74, 6) is 0.779. The summed E-state index contributed by atoms with van der Waals surface area (Å²) in [4.78, 5) is 19.3. The summed E-state index contributed by atoms with van der Waals surface area (Å²) < 4.78 is 29.2. The van der Waals surface area contributed by atoms with E-state index in [0.717, 1.165) is 11.4 Å². The van der Waals surface area contributed by atoms with Crippen LogP contribution in [0.4, 0.5) is 11.4 Å². The maximum atomic E-state index is 12.8. The molecule has 2 aliphatic heterocycles.